The number of hydrogen-bond acceptors (Lipinski definition) is 6. The molecule has 1 saturated heterocycles. The van der Waals surface area contributed by atoms with Crippen LogP contribution in [0.2, 0.25) is 0 Å². The van der Waals surface area contributed by atoms with Crippen LogP contribution < -0.4 is 15.8 Å². The molecule has 0 aromatic heterocycles. The van der Waals surface area contributed by atoms with Crippen LogP contribution in [0, 0.1) is 0 Å². The molecular weight excluding hydrogens is 435 g/mol. The van der Waals surface area contributed by atoms with Crippen LogP contribution in [0.1, 0.15) is 22.8 Å². The minimum absolute atomic E-state index is 0.0629. The largest absolute Gasteiger partial charge is 0.573 e. The molecule has 2 aromatic rings. The van der Waals surface area contributed by atoms with E-state index in [2.05, 4.69) is 15.0 Å². The second kappa shape index (κ2) is 11.0. The highest BCUT2D eigenvalue weighted by Gasteiger charge is 2.30. The highest BCUT2D eigenvalue weighted by molar-refractivity contribution is 5.94. The van der Waals surface area contributed by atoms with E-state index in [0.717, 1.165) is 13.1 Å². The third kappa shape index (κ3) is 7.96. The predicted octanol–water partition coefficient (Wildman–Crippen LogP) is 4.42. The standard InChI is InChI=1S/C24H26F3N3O3/c1-17(31)18-3-2-4-19(15-18)23(28)16-21(9-10-30-11-13-32-14-12-30)29-20-5-7-22(8-6-20)33-24(25,26)27/h2-9,15-16,29H,10-14,28H2,1H3/b21-9+,23-16-. The highest BCUT2D eigenvalue weighted by Crippen LogP contribution is 2.25. The van der Waals surface area contributed by atoms with Crippen molar-refractivity contribution in [3.05, 3.63) is 77.5 Å². The Bertz CT molecular complexity index is 1010. The lowest BCUT2D eigenvalue weighted by Gasteiger charge is -2.25. The Morgan fingerprint density at radius 3 is 2.45 bits per heavy atom. The number of rotatable bonds is 8. The average molecular weight is 461 g/mol. The molecule has 9 heteroatoms. The Labute approximate surface area is 190 Å². The third-order valence-electron chi connectivity index (χ3n) is 4.96. The van der Waals surface area contributed by atoms with Gasteiger partial charge in [0.25, 0.3) is 0 Å². The maximum atomic E-state index is 12.4. The molecule has 0 saturated carbocycles. The molecule has 0 amide bonds. The number of benzene rings is 2. The zero-order valence-corrected chi connectivity index (χ0v) is 18.2. The van der Waals surface area contributed by atoms with Crippen LogP contribution in [0.3, 0.4) is 0 Å². The molecule has 0 spiro atoms. The minimum atomic E-state index is -4.75. The Kier molecular flexibility index (Phi) is 8.13. The fraction of sp³-hybridized carbons (Fsp3) is 0.292. The van der Waals surface area contributed by atoms with Crippen molar-refractivity contribution in [1.82, 2.24) is 4.90 Å². The summed E-state index contributed by atoms with van der Waals surface area (Å²) in [4.78, 5) is 13.9. The number of anilines is 1. The lowest BCUT2D eigenvalue weighted by molar-refractivity contribution is -0.274. The molecule has 6 nitrogen and oxygen atoms in total. The van der Waals surface area contributed by atoms with Gasteiger partial charge in [0.15, 0.2) is 5.78 Å². The number of morpholine rings is 1. The van der Waals surface area contributed by atoms with Crippen molar-refractivity contribution < 1.29 is 27.4 Å². The number of hydrogen-bond donors (Lipinski definition) is 2. The molecule has 1 heterocycles. The number of halogens is 3. The van der Waals surface area contributed by atoms with Gasteiger partial charge in [-0.2, -0.15) is 0 Å². The van der Waals surface area contributed by atoms with Crippen LogP contribution in [0.4, 0.5) is 18.9 Å². The van der Waals surface area contributed by atoms with Gasteiger partial charge in [0.05, 0.1) is 13.2 Å². The molecule has 0 unspecified atom stereocenters. The van der Waals surface area contributed by atoms with Crippen molar-refractivity contribution in [2.75, 3.05) is 38.2 Å². The molecule has 1 aliphatic heterocycles. The monoisotopic (exact) mass is 461 g/mol. The van der Waals surface area contributed by atoms with E-state index in [9.17, 15) is 18.0 Å². The van der Waals surface area contributed by atoms with Gasteiger partial charge in [-0.05, 0) is 55.0 Å². The summed E-state index contributed by atoms with van der Waals surface area (Å²) in [6.45, 7) is 5.04. The van der Waals surface area contributed by atoms with Crippen molar-refractivity contribution in [2.45, 2.75) is 13.3 Å². The van der Waals surface area contributed by atoms with Crippen LogP contribution in [0.5, 0.6) is 5.75 Å². The SMILES string of the molecule is CC(=O)c1cccc(/C(N)=C/C(=C\CN2CCOCC2)Nc2ccc(OC(F)(F)F)cc2)c1. The molecule has 3 rings (SSSR count). The van der Waals surface area contributed by atoms with Crippen LogP contribution in [0.15, 0.2) is 66.4 Å². The number of carbonyl (C=O) groups excluding carboxylic acids is 1. The number of nitrogens with zero attached hydrogens (tertiary/aromatic N) is 1. The first-order valence-electron chi connectivity index (χ1n) is 10.4. The summed E-state index contributed by atoms with van der Waals surface area (Å²) in [7, 11) is 0. The van der Waals surface area contributed by atoms with E-state index in [4.69, 9.17) is 10.5 Å². The summed E-state index contributed by atoms with van der Waals surface area (Å²) in [5.41, 5.74) is 9.23. The Morgan fingerprint density at radius 1 is 1.15 bits per heavy atom. The molecule has 1 fully saturated rings. The maximum absolute atomic E-state index is 12.4. The number of nitrogens with two attached hydrogens (primary N) is 1. The lowest BCUT2D eigenvalue weighted by Crippen LogP contribution is -2.36. The topological polar surface area (TPSA) is 76.8 Å². The first kappa shape index (κ1) is 24.3. The molecule has 1 aliphatic rings. The summed E-state index contributed by atoms with van der Waals surface area (Å²) in [6, 6.07) is 12.5. The van der Waals surface area contributed by atoms with Gasteiger partial charge in [-0.25, -0.2) is 0 Å². The number of allylic oxidation sites excluding steroid dienone is 1. The zero-order chi connectivity index (χ0) is 23.8. The van der Waals surface area contributed by atoms with Gasteiger partial charge < -0.3 is 20.5 Å². The third-order valence-corrected chi connectivity index (χ3v) is 4.96. The molecule has 33 heavy (non-hydrogen) atoms. The van der Waals surface area contributed by atoms with Crippen molar-refractivity contribution in [1.29, 1.82) is 0 Å². The summed E-state index contributed by atoms with van der Waals surface area (Å²) in [5.74, 6) is -0.366. The number of ketones is 1. The second-order valence-corrected chi connectivity index (χ2v) is 7.51. The Morgan fingerprint density at radius 2 is 1.82 bits per heavy atom. The quantitative estimate of drug-likeness (QED) is 0.448. The number of Topliss-reactive ketones (excluding diaryl/α,β-unsaturated/α-hetero) is 1. The first-order valence-corrected chi connectivity index (χ1v) is 10.4. The van der Waals surface area contributed by atoms with Gasteiger partial charge in [0, 0.05) is 42.3 Å². The smallest absolute Gasteiger partial charge is 0.406 e. The highest BCUT2D eigenvalue weighted by atomic mass is 19.4. The number of carbonyl (C=O) groups is 1. The Hall–Kier alpha value is -3.30. The van der Waals surface area contributed by atoms with Crippen molar-refractivity contribution >= 4 is 17.2 Å². The van der Waals surface area contributed by atoms with Gasteiger partial charge in [-0.1, -0.05) is 18.2 Å². The molecule has 0 atom stereocenters. The Balaban J connectivity index is 1.82. The van der Waals surface area contributed by atoms with Gasteiger partial charge in [-0.15, -0.1) is 13.2 Å². The summed E-state index contributed by atoms with van der Waals surface area (Å²) >= 11 is 0. The van der Waals surface area contributed by atoms with Gasteiger partial charge >= 0.3 is 6.36 Å². The van der Waals surface area contributed by atoms with Crippen molar-refractivity contribution in [3.63, 3.8) is 0 Å². The van der Waals surface area contributed by atoms with Crippen LogP contribution in [-0.4, -0.2) is 49.9 Å². The van der Waals surface area contributed by atoms with Crippen LogP contribution in [0.25, 0.3) is 5.70 Å². The van der Waals surface area contributed by atoms with E-state index < -0.39 is 6.36 Å². The molecule has 0 radical (unpaired) electrons. The van der Waals surface area contributed by atoms with E-state index in [0.29, 0.717) is 48.0 Å². The molecule has 3 N–H and O–H groups in total. The second-order valence-electron chi connectivity index (χ2n) is 7.51. The van der Waals surface area contributed by atoms with Crippen LogP contribution in [-0.2, 0) is 4.74 Å². The minimum Gasteiger partial charge on any atom is -0.406 e. The van der Waals surface area contributed by atoms with Crippen LogP contribution >= 0.6 is 0 Å². The van der Waals surface area contributed by atoms with E-state index in [-0.39, 0.29) is 11.5 Å². The molecule has 176 valence electrons. The first-order chi connectivity index (χ1) is 15.7. The zero-order valence-electron chi connectivity index (χ0n) is 18.2. The van der Waals surface area contributed by atoms with E-state index in [1.165, 1.54) is 31.2 Å². The molecular formula is C24H26F3N3O3. The fourth-order valence-corrected chi connectivity index (χ4v) is 3.23. The predicted molar refractivity (Wildman–Crippen MR) is 121 cm³/mol. The van der Waals surface area contributed by atoms with E-state index in [1.807, 2.05) is 6.08 Å². The summed E-state index contributed by atoms with van der Waals surface area (Å²) in [6.07, 6.45) is -1.06. The molecule has 0 aliphatic carbocycles. The van der Waals surface area contributed by atoms with E-state index in [1.54, 1.807) is 30.3 Å². The van der Waals surface area contributed by atoms with E-state index >= 15 is 0 Å². The fourth-order valence-electron chi connectivity index (χ4n) is 3.23. The summed E-state index contributed by atoms with van der Waals surface area (Å²) < 4.78 is 46.5. The normalized spacial score (nSPS) is 15.9. The summed E-state index contributed by atoms with van der Waals surface area (Å²) in [5, 5.41) is 3.19. The van der Waals surface area contributed by atoms with Gasteiger partial charge in [-0.3, -0.25) is 9.69 Å². The van der Waals surface area contributed by atoms with Crippen molar-refractivity contribution in [3.8, 4) is 5.75 Å². The number of alkyl halides is 3. The average Bonchev–Trinajstić information content (AvgIpc) is 2.78. The lowest BCUT2D eigenvalue weighted by atomic mass is 10.1. The number of ether oxygens (including phenoxy) is 2. The maximum Gasteiger partial charge on any atom is 0.573 e. The molecule has 0 bridgehead atoms. The van der Waals surface area contributed by atoms with Gasteiger partial charge in [0.2, 0.25) is 0 Å². The van der Waals surface area contributed by atoms with Gasteiger partial charge in [0.1, 0.15) is 5.75 Å². The molecule has 2 aromatic carbocycles. The van der Waals surface area contributed by atoms with Crippen molar-refractivity contribution in [2.24, 2.45) is 5.73 Å². The number of nitrogens with one attached hydrogen (secondary N) is 1.